The summed E-state index contributed by atoms with van der Waals surface area (Å²) in [6, 6.07) is 14.6. The highest BCUT2D eigenvalue weighted by Crippen LogP contribution is 2.15. The highest BCUT2D eigenvalue weighted by molar-refractivity contribution is 7.89. The van der Waals surface area contributed by atoms with Gasteiger partial charge in [0.15, 0.2) is 6.10 Å². The van der Waals surface area contributed by atoms with Crippen LogP contribution >= 0.6 is 0 Å². The zero-order chi connectivity index (χ0) is 24.1. The van der Waals surface area contributed by atoms with Crippen LogP contribution in [0.1, 0.15) is 63.0 Å². The van der Waals surface area contributed by atoms with E-state index in [0.29, 0.717) is 6.42 Å². The molecule has 0 saturated carbocycles. The summed E-state index contributed by atoms with van der Waals surface area (Å²) in [6.45, 7) is 4.05. The third-order valence-corrected chi connectivity index (χ3v) is 6.95. The Labute approximate surface area is 199 Å². The number of benzene rings is 2. The fourth-order valence-corrected chi connectivity index (χ4v) is 4.69. The van der Waals surface area contributed by atoms with E-state index in [1.54, 1.807) is 12.1 Å². The first-order chi connectivity index (χ1) is 15.9. The van der Waals surface area contributed by atoms with Gasteiger partial charge >= 0.3 is 5.97 Å². The average Bonchev–Trinajstić information content (AvgIpc) is 2.80. The molecule has 6 heteroatoms. The number of unbranched alkanes of at least 4 members (excludes halogenated alkanes) is 5. The number of esters is 1. The Hall–Kier alpha value is -2.62. The number of ether oxygens (including phenoxy) is 1. The zero-order valence-electron chi connectivity index (χ0n) is 19.6. The van der Waals surface area contributed by atoms with E-state index in [0.717, 1.165) is 30.4 Å². The summed E-state index contributed by atoms with van der Waals surface area (Å²) in [5.74, 6) is 1.87. The smallest absolute Gasteiger partial charge is 0.325 e. The molecule has 5 nitrogen and oxygen atoms in total. The first-order valence-corrected chi connectivity index (χ1v) is 13.1. The number of hydrogen-bond donors (Lipinski definition) is 1. The first kappa shape index (κ1) is 26.6. The van der Waals surface area contributed by atoms with Crippen molar-refractivity contribution in [3.05, 3.63) is 65.7 Å². The van der Waals surface area contributed by atoms with Crippen molar-refractivity contribution in [2.24, 2.45) is 0 Å². The van der Waals surface area contributed by atoms with Crippen molar-refractivity contribution in [3.8, 4) is 12.3 Å². The SMILES string of the molecule is C#C[C@H](CCCCCCCC)OC(=O)[C@H](Cc1ccccc1)NS(=O)(=O)c1ccc(C)cc1. The van der Waals surface area contributed by atoms with Crippen LogP contribution in [0, 0.1) is 19.3 Å². The fourth-order valence-electron chi connectivity index (χ4n) is 3.50. The van der Waals surface area contributed by atoms with E-state index in [9.17, 15) is 13.2 Å². The Bertz CT molecular complexity index is 995. The van der Waals surface area contributed by atoms with Gasteiger partial charge in [0.1, 0.15) is 6.04 Å². The summed E-state index contributed by atoms with van der Waals surface area (Å²) in [7, 11) is -3.92. The van der Waals surface area contributed by atoms with Gasteiger partial charge in [0.25, 0.3) is 0 Å². The van der Waals surface area contributed by atoms with Crippen molar-refractivity contribution in [3.63, 3.8) is 0 Å². The van der Waals surface area contributed by atoms with Gasteiger partial charge in [-0.2, -0.15) is 4.72 Å². The minimum absolute atomic E-state index is 0.0968. The van der Waals surface area contributed by atoms with Crippen LogP contribution in [-0.2, 0) is 26.0 Å². The number of nitrogens with one attached hydrogen (secondary N) is 1. The monoisotopic (exact) mass is 469 g/mol. The molecule has 2 aromatic rings. The molecule has 0 radical (unpaired) electrons. The van der Waals surface area contributed by atoms with Crippen LogP contribution < -0.4 is 4.72 Å². The quantitative estimate of drug-likeness (QED) is 0.235. The summed E-state index contributed by atoms with van der Waals surface area (Å²) in [5.41, 5.74) is 1.76. The van der Waals surface area contributed by atoms with Gasteiger partial charge < -0.3 is 4.74 Å². The van der Waals surface area contributed by atoms with Gasteiger partial charge in [0.05, 0.1) is 4.90 Å². The van der Waals surface area contributed by atoms with Gasteiger partial charge in [-0.15, -0.1) is 6.42 Å². The van der Waals surface area contributed by atoms with E-state index in [2.05, 4.69) is 17.6 Å². The van der Waals surface area contributed by atoms with Crippen LogP contribution in [0.3, 0.4) is 0 Å². The molecular weight excluding hydrogens is 434 g/mol. The molecular formula is C27H35NO4S. The maximum absolute atomic E-state index is 13.0. The Morgan fingerprint density at radius 1 is 1.00 bits per heavy atom. The Morgan fingerprint density at radius 2 is 1.64 bits per heavy atom. The summed E-state index contributed by atoms with van der Waals surface area (Å²) >= 11 is 0. The minimum Gasteiger partial charge on any atom is -0.448 e. The predicted molar refractivity (Wildman–Crippen MR) is 132 cm³/mol. The van der Waals surface area contributed by atoms with Crippen molar-refractivity contribution in [1.29, 1.82) is 0 Å². The largest absolute Gasteiger partial charge is 0.448 e. The van der Waals surface area contributed by atoms with Gasteiger partial charge in [-0.1, -0.05) is 93.0 Å². The molecule has 0 unspecified atom stereocenters. The van der Waals surface area contributed by atoms with Gasteiger partial charge in [0.2, 0.25) is 10.0 Å². The molecule has 2 atom stereocenters. The molecule has 33 heavy (non-hydrogen) atoms. The number of aryl methyl sites for hydroxylation is 1. The molecule has 178 valence electrons. The lowest BCUT2D eigenvalue weighted by Crippen LogP contribution is -2.44. The number of carbonyl (C=O) groups is 1. The summed E-state index contributed by atoms with van der Waals surface area (Å²) < 4.78 is 34.0. The molecule has 0 aliphatic rings. The van der Waals surface area contributed by atoms with Gasteiger partial charge in [-0.05, 0) is 43.9 Å². The van der Waals surface area contributed by atoms with Crippen molar-refractivity contribution in [1.82, 2.24) is 4.72 Å². The molecule has 0 heterocycles. The summed E-state index contributed by atoms with van der Waals surface area (Å²) in [6.07, 6.45) is 12.3. The van der Waals surface area contributed by atoms with Gasteiger partial charge in [-0.25, -0.2) is 8.42 Å². The van der Waals surface area contributed by atoms with Crippen LogP contribution in [-0.4, -0.2) is 26.5 Å². The number of sulfonamides is 1. The van der Waals surface area contributed by atoms with Crippen molar-refractivity contribution in [2.75, 3.05) is 0 Å². The predicted octanol–water partition coefficient (Wildman–Crippen LogP) is 5.18. The van der Waals surface area contributed by atoms with Gasteiger partial charge in [-0.3, -0.25) is 4.79 Å². The Balaban J connectivity index is 2.08. The number of hydrogen-bond acceptors (Lipinski definition) is 4. The lowest BCUT2D eigenvalue weighted by atomic mass is 10.1. The first-order valence-electron chi connectivity index (χ1n) is 11.6. The van der Waals surface area contributed by atoms with Gasteiger partial charge in [0, 0.05) is 0 Å². The summed E-state index contributed by atoms with van der Waals surface area (Å²) in [4.78, 5) is 13.1. The molecule has 1 N–H and O–H groups in total. The van der Waals surface area contributed by atoms with Crippen LogP contribution in [0.15, 0.2) is 59.5 Å². The maximum atomic E-state index is 13.0. The lowest BCUT2D eigenvalue weighted by Gasteiger charge is -2.20. The molecule has 0 saturated heterocycles. The zero-order valence-corrected chi connectivity index (χ0v) is 20.4. The van der Waals surface area contributed by atoms with Crippen molar-refractivity contribution < 1.29 is 17.9 Å². The van der Waals surface area contributed by atoms with E-state index in [-0.39, 0.29) is 11.3 Å². The average molecular weight is 470 g/mol. The maximum Gasteiger partial charge on any atom is 0.325 e. The normalized spacial score (nSPS) is 13.1. The molecule has 0 fully saturated rings. The highest BCUT2D eigenvalue weighted by Gasteiger charge is 2.28. The fraction of sp³-hybridized carbons (Fsp3) is 0.444. The second kappa shape index (κ2) is 13.8. The van der Waals surface area contributed by atoms with Crippen molar-refractivity contribution in [2.45, 2.75) is 82.3 Å². The minimum atomic E-state index is -3.92. The standard InChI is InChI=1S/C27H35NO4S/c1-4-6-7-8-9-13-16-24(5-2)32-27(29)26(21-23-14-11-10-12-15-23)28-33(30,31)25-19-17-22(3)18-20-25/h2,10-12,14-15,17-20,24,26,28H,4,6-9,13,16,21H2,1,3H3/t24-,26+/m1/s1. The van der Waals surface area contributed by atoms with Crippen LogP contribution in [0.25, 0.3) is 0 Å². The molecule has 2 rings (SSSR count). The van der Waals surface area contributed by atoms with Crippen LogP contribution in [0.4, 0.5) is 0 Å². The van der Waals surface area contributed by atoms with E-state index in [1.807, 2.05) is 37.3 Å². The van der Waals surface area contributed by atoms with E-state index >= 15 is 0 Å². The van der Waals surface area contributed by atoms with E-state index < -0.39 is 28.1 Å². The van der Waals surface area contributed by atoms with E-state index in [1.165, 1.54) is 31.4 Å². The van der Waals surface area contributed by atoms with Crippen LogP contribution in [0.5, 0.6) is 0 Å². The molecule has 0 aliphatic carbocycles. The Morgan fingerprint density at radius 3 is 2.27 bits per heavy atom. The van der Waals surface area contributed by atoms with Crippen LogP contribution in [0.2, 0.25) is 0 Å². The molecule has 0 bridgehead atoms. The second-order valence-corrected chi connectivity index (χ2v) is 10.0. The molecule has 0 aromatic heterocycles. The molecule has 2 aromatic carbocycles. The number of carbonyl (C=O) groups excluding carboxylic acids is 1. The highest BCUT2D eigenvalue weighted by atomic mass is 32.2. The van der Waals surface area contributed by atoms with E-state index in [4.69, 9.17) is 11.2 Å². The molecule has 0 amide bonds. The lowest BCUT2D eigenvalue weighted by molar-refractivity contribution is -0.148. The summed E-state index contributed by atoms with van der Waals surface area (Å²) in [5, 5.41) is 0. The van der Waals surface area contributed by atoms with Crippen molar-refractivity contribution >= 4 is 16.0 Å². The number of terminal acetylenes is 1. The number of rotatable bonds is 14. The molecule has 0 spiro atoms. The Kier molecular flexibility index (Phi) is 11.2. The second-order valence-electron chi connectivity index (χ2n) is 8.33. The molecule has 0 aliphatic heterocycles. The third kappa shape index (κ3) is 9.41. The topological polar surface area (TPSA) is 72.5 Å². The third-order valence-electron chi connectivity index (χ3n) is 5.46.